The van der Waals surface area contributed by atoms with Crippen molar-refractivity contribution in [1.29, 1.82) is 0 Å². The fourth-order valence-corrected chi connectivity index (χ4v) is 5.07. The molecule has 0 saturated heterocycles. The summed E-state index contributed by atoms with van der Waals surface area (Å²) in [7, 11) is -3.94. The largest absolute Gasteiger partial charge is 0.325 e. The lowest BCUT2D eigenvalue weighted by Gasteiger charge is -2.26. The first-order valence-electron chi connectivity index (χ1n) is 11.3. The lowest BCUT2D eigenvalue weighted by atomic mass is 10.1. The summed E-state index contributed by atoms with van der Waals surface area (Å²) in [5, 5.41) is 2.85. The minimum atomic E-state index is -3.94. The number of hydrogen-bond donors (Lipinski definition) is 1. The normalized spacial score (nSPS) is 11.3. The van der Waals surface area contributed by atoms with Crippen LogP contribution in [-0.4, -0.2) is 20.9 Å². The second kappa shape index (κ2) is 10.7. The first kappa shape index (κ1) is 24.5. The zero-order valence-corrected chi connectivity index (χ0v) is 20.6. The molecular formula is C27H32N2O3S. The molecule has 3 aromatic rings. The molecule has 0 radical (unpaired) electrons. The van der Waals surface area contributed by atoms with Crippen LogP contribution in [0.2, 0.25) is 0 Å². The van der Waals surface area contributed by atoms with E-state index in [2.05, 4.69) is 12.2 Å². The van der Waals surface area contributed by atoms with Gasteiger partial charge in [0.05, 0.1) is 10.6 Å². The fraction of sp³-hybridized carbons (Fsp3) is 0.296. The van der Waals surface area contributed by atoms with E-state index in [1.54, 1.807) is 30.3 Å². The topological polar surface area (TPSA) is 66.5 Å². The molecule has 174 valence electrons. The maximum Gasteiger partial charge on any atom is 0.264 e. The second-order valence-corrected chi connectivity index (χ2v) is 10.3. The van der Waals surface area contributed by atoms with Gasteiger partial charge in [-0.3, -0.25) is 9.10 Å². The lowest BCUT2D eigenvalue weighted by molar-refractivity contribution is -0.114. The number of carbonyl (C=O) groups is 1. The van der Waals surface area contributed by atoms with Gasteiger partial charge in [0, 0.05) is 5.69 Å². The van der Waals surface area contributed by atoms with Crippen LogP contribution in [0.25, 0.3) is 0 Å². The molecule has 0 aliphatic heterocycles. The Labute approximate surface area is 197 Å². The summed E-state index contributed by atoms with van der Waals surface area (Å²) in [4.78, 5) is 13.1. The average molecular weight is 465 g/mol. The van der Waals surface area contributed by atoms with E-state index in [0.29, 0.717) is 11.4 Å². The van der Waals surface area contributed by atoms with E-state index in [1.165, 1.54) is 9.87 Å². The van der Waals surface area contributed by atoms with Crippen LogP contribution in [0.4, 0.5) is 11.4 Å². The zero-order chi connectivity index (χ0) is 24.0. The first-order chi connectivity index (χ1) is 15.7. The number of carbonyl (C=O) groups excluding carboxylic acids is 1. The SMILES string of the molecule is CCCCc1ccc(NC(=O)CN(c2cc(C)ccc2C)S(=O)(=O)c2ccc(C)cc2)cc1. The number of benzene rings is 3. The van der Waals surface area contributed by atoms with Crippen molar-refractivity contribution in [2.45, 2.75) is 51.9 Å². The van der Waals surface area contributed by atoms with Crippen LogP contribution in [0.15, 0.2) is 71.6 Å². The molecule has 0 aromatic heterocycles. The molecule has 3 rings (SSSR count). The maximum absolute atomic E-state index is 13.6. The number of amides is 1. The number of anilines is 2. The number of aryl methyl sites for hydroxylation is 4. The van der Waals surface area contributed by atoms with Crippen LogP contribution in [0.1, 0.15) is 42.0 Å². The number of sulfonamides is 1. The van der Waals surface area contributed by atoms with Gasteiger partial charge in [0.25, 0.3) is 10.0 Å². The number of nitrogens with one attached hydrogen (secondary N) is 1. The molecule has 1 amide bonds. The number of unbranched alkanes of at least 4 members (excludes halogenated alkanes) is 1. The highest BCUT2D eigenvalue weighted by Gasteiger charge is 2.28. The predicted octanol–water partition coefficient (Wildman–Crippen LogP) is 5.79. The second-order valence-electron chi connectivity index (χ2n) is 8.46. The van der Waals surface area contributed by atoms with Crippen molar-refractivity contribution < 1.29 is 13.2 Å². The van der Waals surface area contributed by atoms with E-state index < -0.39 is 15.9 Å². The summed E-state index contributed by atoms with van der Waals surface area (Å²) < 4.78 is 28.4. The van der Waals surface area contributed by atoms with Crippen LogP contribution in [0.5, 0.6) is 0 Å². The molecule has 0 unspecified atom stereocenters. The molecule has 0 bridgehead atoms. The minimum absolute atomic E-state index is 0.155. The Morgan fingerprint density at radius 1 is 0.879 bits per heavy atom. The van der Waals surface area contributed by atoms with E-state index >= 15 is 0 Å². The van der Waals surface area contributed by atoms with Gasteiger partial charge in [-0.2, -0.15) is 0 Å². The van der Waals surface area contributed by atoms with Gasteiger partial charge in [-0.05, 0) is 80.6 Å². The molecule has 0 aliphatic rings. The molecule has 0 fully saturated rings. The summed E-state index contributed by atoms with van der Waals surface area (Å²) in [5.74, 6) is -0.395. The van der Waals surface area contributed by atoms with Crippen molar-refractivity contribution in [3.8, 4) is 0 Å². The number of hydrogen-bond acceptors (Lipinski definition) is 3. The van der Waals surface area contributed by atoms with E-state index in [0.717, 1.165) is 36.0 Å². The van der Waals surface area contributed by atoms with Crippen molar-refractivity contribution in [1.82, 2.24) is 0 Å². The van der Waals surface area contributed by atoms with Gasteiger partial charge in [0.1, 0.15) is 6.54 Å². The van der Waals surface area contributed by atoms with E-state index in [4.69, 9.17) is 0 Å². The standard InChI is InChI=1S/C27H32N2O3S/c1-5-6-7-23-12-14-24(15-13-23)28-27(30)19-29(26-18-21(3)8-11-22(26)4)33(31,32)25-16-9-20(2)10-17-25/h8-18H,5-7,19H2,1-4H3,(H,28,30). The smallest absolute Gasteiger partial charge is 0.264 e. The Hall–Kier alpha value is -3.12. The van der Waals surface area contributed by atoms with E-state index in [-0.39, 0.29) is 11.4 Å². The zero-order valence-electron chi connectivity index (χ0n) is 19.8. The van der Waals surface area contributed by atoms with Crippen molar-refractivity contribution in [3.63, 3.8) is 0 Å². The molecule has 6 heteroatoms. The monoisotopic (exact) mass is 464 g/mol. The van der Waals surface area contributed by atoms with Gasteiger partial charge < -0.3 is 5.32 Å². The molecule has 0 spiro atoms. The van der Waals surface area contributed by atoms with Gasteiger partial charge in [0.2, 0.25) is 5.91 Å². The van der Waals surface area contributed by atoms with Gasteiger partial charge in [-0.1, -0.05) is 55.3 Å². The van der Waals surface area contributed by atoms with Crippen LogP contribution in [-0.2, 0) is 21.2 Å². The van der Waals surface area contributed by atoms with Crippen molar-refractivity contribution >= 4 is 27.3 Å². The summed E-state index contributed by atoms with van der Waals surface area (Å²) >= 11 is 0. The predicted molar refractivity (Wildman–Crippen MR) is 135 cm³/mol. The van der Waals surface area contributed by atoms with Gasteiger partial charge >= 0.3 is 0 Å². The van der Waals surface area contributed by atoms with Crippen LogP contribution < -0.4 is 9.62 Å². The molecule has 1 N–H and O–H groups in total. The van der Waals surface area contributed by atoms with Crippen molar-refractivity contribution in [2.24, 2.45) is 0 Å². The van der Waals surface area contributed by atoms with Crippen LogP contribution in [0.3, 0.4) is 0 Å². The highest BCUT2D eigenvalue weighted by molar-refractivity contribution is 7.92. The number of rotatable bonds is 9. The van der Waals surface area contributed by atoms with E-state index in [1.807, 2.05) is 57.2 Å². The van der Waals surface area contributed by atoms with Gasteiger partial charge in [0.15, 0.2) is 0 Å². The molecule has 0 aliphatic carbocycles. The quantitative estimate of drug-likeness (QED) is 0.436. The molecule has 0 saturated carbocycles. The van der Waals surface area contributed by atoms with Crippen LogP contribution in [0, 0.1) is 20.8 Å². The number of nitrogens with zero attached hydrogens (tertiary/aromatic N) is 1. The molecule has 0 heterocycles. The van der Waals surface area contributed by atoms with E-state index in [9.17, 15) is 13.2 Å². The summed E-state index contributed by atoms with van der Waals surface area (Å²) in [6.45, 7) is 7.48. The van der Waals surface area contributed by atoms with Crippen molar-refractivity contribution in [2.75, 3.05) is 16.2 Å². The maximum atomic E-state index is 13.6. The highest BCUT2D eigenvalue weighted by Crippen LogP contribution is 2.28. The first-order valence-corrected chi connectivity index (χ1v) is 12.7. The summed E-state index contributed by atoms with van der Waals surface area (Å²) in [6.07, 6.45) is 3.25. The third-order valence-electron chi connectivity index (χ3n) is 5.59. The Bertz CT molecular complexity index is 1200. The molecule has 0 atom stereocenters. The fourth-order valence-electron chi connectivity index (χ4n) is 3.59. The highest BCUT2D eigenvalue weighted by atomic mass is 32.2. The Morgan fingerprint density at radius 3 is 2.15 bits per heavy atom. The summed E-state index contributed by atoms with van der Waals surface area (Å²) in [5.41, 5.74) is 5.03. The third-order valence-corrected chi connectivity index (χ3v) is 7.36. The van der Waals surface area contributed by atoms with Crippen molar-refractivity contribution in [3.05, 3.63) is 89.0 Å². The Balaban J connectivity index is 1.89. The Morgan fingerprint density at radius 2 is 1.52 bits per heavy atom. The van der Waals surface area contributed by atoms with Gasteiger partial charge in [-0.15, -0.1) is 0 Å². The molecule has 3 aromatic carbocycles. The van der Waals surface area contributed by atoms with Crippen LogP contribution >= 0.6 is 0 Å². The minimum Gasteiger partial charge on any atom is -0.325 e. The third kappa shape index (κ3) is 6.23. The molecule has 33 heavy (non-hydrogen) atoms. The lowest BCUT2D eigenvalue weighted by Crippen LogP contribution is -2.38. The van der Waals surface area contributed by atoms with Gasteiger partial charge in [-0.25, -0.2) is 8.42 Å². The molecular weight excluding hydrogens is 432 g/mol. The molecule has 5 nitrogen and oxygen atoms in total. The average Bonchev–Trinajstić information content (AvgIpc) is 2.79. The Kier molecular flexibility index (Phi) is 7.92. The summed E-state index contributed by atoms with van der Waals surface area (Å²) in [6, 6.07) is 20.0.